The molecule has 0 fully saturated rings. The van der Waals surface area contributed by atoms with Crippen molar-refractivity contribution < 1.29 is 4.79 Å². The van der Waals surface area contributed by atoms with E-state index in [-0.39, 0.29) is 11.4 Å². The zero-order valence-corrected chi connectivity index (χ0v) is 14.4. The van der Waals surface area contributed by atoms with Gasteiger partial charge >= 0.3 is 0 Å². The molecule has 0 atom stereocenters. The number of carbonyl (C=O) groups is 1. The van der Waals surface area contributed by atoms with E-state index >= 15 is 0 Å². The first-order valence-electron chi connectivity index (χ1n) is 7.87. The topological polar surface area (TPSA) is 84.7 Å². The van der Waals surface area contributed by atoms with E-state index in [2.05, 4.69) is 52.9 Å². The lowest BCUT2D eigenvalue weighted by Gasteiger charge is -2.21. The maximum atomic E-state index is 11.5. The van der Waals surface area contributed by atoms with Gasteiger partial charge in [-0.3, -0.25) is 14.3 Å². The third kappa shape index (κ3) is 3.82. The Bertz CT molecular complexity index is 938. The second-order valence-electron chi connectivity index (χ2n) is 6.65. The van der Waals surface area contributed by atoms with Gasteiger partial charge in [0.15, 0.2) is 5.82 Å². The van der Waals surface area contributed by atoms with Gasteiger partial charge in [-0.05, 0) is 45.0 Å². The van der Waals surface area contributed by atoms with E-state index < -0.39 is 0 Å². The van der Waals surface area contributed by atoms with Crippen LogP contribution in [0.5, 0.6) is 0 Å². The highest BCUT2D eigenvalue weighted by molar-refractivity contribution is 6.00. The lowest BCUT2D eigenvalue weighted by atomic mass is 10.1. The summed E-state index contributed by atoms with van der Waals surface area (Å²) in [5, 5.41) is 6.05. The lowest BCUT2D eigenvalue weighted by molar-refractivity contribution is -0.111. The van der Waals surface area contributed by atoms with E-state index in [0.717, 1.165) is 11.0 Å². The van der Waals surface area contributed by atoms with Crippen molar-refractivity contribution in [2.75, 3.05) is 10.6 Å². The molecule has 2 N–H and O–H groups in total. The summed E-state index contributed by atoms with van der Waals surface area (Å²) in [4.78, 5) is 24.7. The molecule has 0 aliphatic rings. The summed E-state index contributed by atoms with van der Waals surface area (Å²) in [5.74, 6) is 1.06. The number of anilines is 2. The van der Waals surface area contributed by atoms with Gasteiger partial charge in [0.25, 0.3) is 0 Å². The molecule has 1 amide bonds. The Kier molecular flexibility index (Phi) is 4.22. The zero-order valence-electron chi connectivity index (χ0n) is 14.4. The van der Waals surface area contributed by atoms with Crippen LogP contribution in [0.4, 0.5) is 11.5 Å². The first-order chi connectivity index (χ1) is 11.9. The maximum Gasteiger partial charge on any atom is 0.247 e. The Hall–Kier alpha value is -3.22. The third-order valence-electron chi connectivity index (χ3n) is 3.37. The first kappa shape index (κ1) is 16.6. The van der Waals surface area contributed by atoms with E-state index in [1.807, 2.05) is 16.7 Å². The number of fused-ring (bicyclic) bond motifs is 1. The smallest absolute Gasteiger partial charge is 0.247 e. The van der Waals surface area contributed by atoms with Crippen molar-refractivity contribution >= 4 is 28.4 Å². The van der Waals surface area contributed by atoms with E-state index in [9.17, 15) is 4.79 Å². The normalized spacial score (nSPS) is 11.3. The molecule has 7 nitrogen and oxygen atoms in total. The first-order valence-corrected chi connectivity index (χ1v) is 7.87. The molecule has 0 aliphatic heterocycles. The van der Waals surface area contributed by atoms with E-state index in [1.54, 1.807) is 24.8 Å². The molecule has 0 radical (unpaired) electrons. The molecule has 0 spiro atoms. The predicted octanol–water partition coefficient (Wildman–Crippen LogP) is 3.15. The SMILES string of the molecule is C=CC(=O)Nc1ccc2ncn(-c3cncc(NC(C)(C)C)n3)c2c1. The van der Waals surface area contributed by atoms with Crippen LogP contribution in [0.2, 0.25) is 0 Å². The summed E-state index contributed by atoms with van der Waals surface area (Å²) < 4.78 is 1.83. The van der Waals surface area contributed by atoms with Crippen LogP contribution in [0.15, 0.2) is 49.6 Å². The van der Waals surface area contributed by atoms with Crippen LogP contribution in [-0.2, 0) is 4.79 Å². The van der Waals surface area contributed by atoms with E-state index in [4.69, 9.17) is 0 Å². The van der Waals surface area contributed by atoms with Crippen molar-refractivity contribution in [2.45, 2.75) is 26.3 Å². The molecule has 3 aromatic rings. The number of aromatic nitrogens is 4. The largest absolute Gasteiger partial charge is 0.364 e. The number of imidazole rings is 1. The van der Waals surface area contributed by atoms with Crippen LogP contribution >= 0.6 is 0 Å². The second kappa shape index (κ2) is 6.35. The molecule has 25 heavy (non-hydrogen) atoms. The van der Waals surface area contributed by atoms with Gasteiger partial charge in [0, 0.05) is 11.2 Å². The molecule has 0 saturated carbocycles. The van der Waals surface area contributed by atoms with Gasteiger partial charge in [-0.15, -0.1) is 0 Å². The Balaban J connectivity index is 2.01. The summed E-state index contributed by atoms with van der Waals surface area (Å²) >= 11 is 0. The predicted molar refractivity (Wildman–Crippen MR) is 98.9 cm³/mol. The summed E-state index contributed by atoms with van der Waals surface area (Å²) in [6, 6.07) is 5.48. The Labute approximate surface area is 145 Å². The summed E-state index contributed by atoms with van der Waals surface area (Å²) in [6.45, 7) is 9.63. The number of carbonyl (C=O) groups excluding carboxylic acids is 1. The molecule has 7 heteroatoms. The van der Waals surface area contributed by atoms with Gasteiger partial charge in [0.1, 0.15) is 12.1 Å². The highest BCUT2D eigenvalue weighted by atomic mass is 16.1. The molecule has 0 unspecified atom stereocenters. The molecule has 3 rings (SSSR count). The van der Waals surface area contributed by atoms with Crippen molar-refractivity contribution in [1.82, 2.24) is 19.5 Å². The fourth-order valence-corrected chi connectivity index (χ4v) is 2.38. The van der Waals surface area contributed by atoms with Crippen LogP contribution in [0.3, 0.4) is 0 Å². The van der Waals surface area contributed by atoms with Crippen molar-refractivity contribution in [1.29, 1.82) is 0 Å². The molecule has 1 aromatic carbocycles. The highest BCUT2D eigenvalue weighted by Gasteiger charge is 2.12. The Morgan fingerprint density at radius 3 is 2.80 bits per heavy atom. The van der Waals surface area contributed by atoms with E-state index in [0.29, 0.717) is 17.3 Å². The minimum Gasteiger partial charge on any atom is -0.364 e. The molecule has 2 aromatic heterocycles. The van der Waals surface area contributed by atoms with Gasteiger partial charge in [-0.25, -0.2) is 9.97 Å². The van der Waals surface area contributed by atoms with Gasteiger partial charge in [0.05, 0.1) is 23.4 Å². The molecule has 0 aliphatic carbocycles. The average Bonchev–Trinajstić information content (AvgIpc) is 2.96. The number of hydrogen-bond acceptors (Lipinski definition) is 5. The minimum absolute atomic E-state index is 0.119. The van der Waals surface area contributed by atoms with Gasteiger partial charge < -0.3 is 10.6 Å². The van der Waals surface area contributed by atoms with Crippen LogP contribution in [0.1, 0.15) is 20.8 Å². The van der Waals surface area contributed by atoms with Crippen molar-refractivity contribution in [3.63, 3.8) is 0 Å². The van der Waals surface area contributed by atoms with Crippen molar-refractivity contribution in [3.05, 3.63) is 49.6 Å². The number of nitrogens with zero attached hydrogens (tertiary/aromatic N) is 4. The van der Waals surface area contributed by atoms with Crippen LogP contribution in [0.25, 0.3) is 16.9 Å². The fraction of sp³-hybridized carbons (Fsp3) is 0.222. The number of rotatable bonds is 4. The number of nitrogens with one attached hydrogen (secondary N) is 2. The highest BCUT2D eigenvalue weighted by Crippen LogP contribution is 2.22. The monoisotopic (exact) mass is 336 g/mol. The quantitative estimate of drug-likeness (QED) is 0.715. The molecule has 0 bridgehead atoms. The number of amides is 1. The standard InChI is InChI=1S/C18H20N6O/c1-5-17(25)21-12-6-7-13-14(8-12)24(11-20-13)16-10-19-9-15(22-16)23-18(2,3)4/h5-11H,1H2,2-4H3,(H,21,25)(H,22,23). The minimum atomic E-state index is -0.262. The molecule has 128 valence electrons. The molecular formula is C18H20N6O. The van der Waals surface area contributed by atoms with Gasteiger partial charge in [0.2, 0.25) is 5.91 Å². The maximum absolute atomic E-state index is 11.5. The average molecular weight is 336 g/mol. The van der Waals surface area contributed by atoms with E-state index in [1.165, 1.54) is 6.08 Å². The summed E-state index contributed by atoms with van der Waals surface area (Å²) in [7, 11) is 0. The lowest BCUT2D eigenvalue weighted by Crippen LogP contribution is -2.26. The molecular weight excluding hydrogens is 316 g/mol. The molecule has 2 heterocycles. The third-order valence-corrected chi connectivity index (χ3v) is 3.37. The number of benzene rings is 1. The van der Waals surface area contributed by atoms with Gasteiger partial charge in [-0.2, -0.15) is 0 Å². The van der Waals surface area contributed by atoms with Crippen molar-refractivity contribution in [2.24, 2.45) is 0 Å². The summed E-state index contributed by atoms with van der Waals surface area (Å²) in [6.07, 6.45) is 6.27. The van der Waals surface area contributed by atoms with Crippen LogP contribution in [-0.4, -0.2) is 31.0 Å². The summed E-state index contributed by atoms with van der Waals surface area (Å²) in [5.41, 5.74) is 2.17. The van der Waals surface area contributed by atoms with Crippen molar-refractivity contribution in [3.8, 4) is 5.82 Å². The van der Waals surface area contributed by atoms with Crippen LogP contribution in [0, 0.1) is 0 Å². The Morgan fingerprint density at radius 1 is 1.28 bits per heavy atom. The Morgan fingerprint density at radius 2 is 2.08 bits per heavy atom. The van der Waals surface area contributed by atoms with Crippen LogP contribution < -0.4 is 10.6 Å². The van der Waals surface area contributed by atoms with Gasteiger partial charge in [-0.1, -0.05) is 6.58 Å². The fourth-order valence-electron chi connectivity index (χ4n) is 2.38. The molecule has 0 saturated heterocycles. The second-order valence-corrected chi connectivity index (χ2v) is 6.65. The number of hydrogen-bond donors (Lipinski definition) is 2. The zero-order chi connectivity index (χ0) is 18.0.